The SMILES string of the molecule is CCOc1ccc(Cc2cc([C@@H]3O/C(=C\C(F)(F)F)[C@@H](O)[C@H](O)[C@H]3O)ccc2Cl)cc1. The molecule has 0 bridgehead atoms. The summed E-state index contributed by atoms with van der Waals surface area (Å²) in [5, 5.41) is 30.6. The summed E-state index contributed by atoms with van der Waals surface area (Å²) >= 11 is 6.29. The van der Waals surface area contributed by atoms with Gasteiger partial charge in [-0.2, -0.15) is 13.2 Å². The van der Waals surface area contributed by atoms with Gasteiger partial charge in [0.25, 0.3) is 0 Å². The van der Waals surface area contributed by atoms with E-state index < -0.39 is 36.4 Å². The summed E-state index contributed by atoms with van der Waals surface area (Å²) in [4.78, 5) is 0. The molecule has 5 nitrogen and oxygen atoms in total. The Morgan fingerprint density at radius 2 is 1.74 bits per heavy atom. The average Bonchev–Trinajstić information content (AvgIpc) is 2.71. The number of aliphatic hydroxyl groups is 3. The quantitative estimate of drug-likeness (QED) is 0.632. The monoisotopic (exact) mass is 458 g/mol. The molecule has 1 fully saturated rings. The molecule has 3 N–H and O–H groups in total. The number of rotatable bonds is 5. The van der Waals surface area contributed by atoms with Crippen molar-refractivity contribution in [2.75, 3.05) is 6.61 Å². The topological polar surface area (TPSA) is 79.2 Å². The number of hydrogen-bond donors (Lipinski definition) is 3. The fourth-order valence-electron chi connectivity index (χ4n) is 3.36. The van der Waals surface area contributed by atoms with Crippen molar-refractivity contribution in [2.24, 2.45) is 0 Å². The van der Waals surface area contributed by atoms with Crippen molar-refractivity contribution in [1.29, 1.82) is 0 Å². The van der Waals surface area contributed by atoms with E-state index in [1.165, 1.54) is 6.07 Å². The molecular weight excluding hydrogens is 437 g/mol. The molecule has 0 unspecified atom stereocenters. The number of alkyl halides is 3. The van der Waals surface area contributed by atoms with Crippen LogP contribution in [0.25, 0.3) is 0 Å². The maximum Gasteiger partial charge on any atom is 0.413 e. The lowest BCUT2D eigenvalue weighted by molar-refractivity contribution is -0.162. The van der Waals surface area contributed by atoms with Crippen LogP contribution in [0.2, 0.25) is 5.02 Å². The largest absolute Gasteiger partial charge is 0.494 e. The third-order valence-corrected chi connectivity index (χ3v) is 5.24. The van der Waals surface area contributed by atoms with Crippen molar-refractivity contribution in [3.05, 3.63) is 76.0 Å². The van der Waals surface area contributed by atoms with Gasteiger partial charge >= 0.3 is 6.18 Å². The predicted molar refractivity (Wildman–Crippen MR) is 108 cm³/mol. The lowest BCUT2D eigenvalue weighted by Crippen LogP contribution is -2.48. The molecular formula is C22H22ClF3O5. The van der Waals surface area contributed by atoms with Crippen LogP contribution in [-0.2, 0) is 11.2 Å². The van der Waals surface area contributed by atoms with Gasteiger partial charge in [0.15, 0.2) is 6.10 Å². The van der Waals surface area contributed by atoms with E-state index in [0.717, 1.165) is 11.3 Å². The van der Waals surface area contributed by atoms with Crippen molar-refractivity contribution >= 4 is 11.6 Å². The molecule has 3 rings (SSSR count). The fourth-order valence-corrected chi connectivity index (χ4v) is 3.55. The molecule has 4 atom stereocenters. The molecule has 2 aromatic carbocycles. The van der Waals surface area contributed by atoms with Crippen LogP contribution in [0.3, 0.4) is 0 Å². The molecule has 2 aromatic rings. The summed E-state index contributed by atoms with van der Waals surface area (Å²) in [5.41, 5.74) is 1.89. The van der Waals surface area contributed by atoms with Gasteiger partial charge in [-0.15, -0.1) is 0 Å². The Morgan fingerprint density at radius 3 is 2.35 bits per heavy atom. The smallest absolute Gasteiger partial charge is 0.413 e. The maximum absolute atomic E-state index is 12.8. The lowest BCUT2D eigenvalue weighted by Gasteiger charge is -2.38. The molecule has 31 heavy (non-hydrogen) atoms. The van der Waals surface area contributed by atoms with Gasteiger partial charge in [-0.3, -0.25) is 0 Å². The zero-order valence-corrected chi connectivity index (χ0v) is 17.3. The number of allylic oxidation sites excluding steroid dienone is 1. The van der Waals surface area contributed by atoms with Crippen molar-refractivity contribution in [2.45, 2.75) is 43.9 Å². The van der Waals surface area contributed by atoms with Gasteiger partial charge in [0, 0.05) is 5.02 Å². The van der Waals surface area contributed by atoms with Crippen LogP contribution < -0.4 is 4.74 Å². The minimum Gasteiger partial charge on any atom is -0.494 e. The first kappa shape index (κ1) is 23.4. The fraction of sp³-hybridized carbons (Fsp3) is 0.364. The molecule has 0 spiro atoms. The van der Waals surface area contributed by atoms with E-state index in [4.69, 9.17) is 21.1 Å². The van der Waals surface area contributed by atoms with E-state index >= 15 is 0 Å². The van der Waals surface area contributed by atoms with Crippen LogP contribution in [0, 0.1) is 0 Å². The summed E-state index contributed by atoms with van der Waals surface area (Å²) in [7, 11) is 0. The van der Waals surface area contributed by atoms with E-state index in [1.54, 1.807) is 12.1 Å². The molecule has 0 radical (unpaired) electrons. The second-order valence-corrected chi connectivity index (χ2v) is 7.56. The van der Waals surface area contributed by atoms with Crippen LogP contribution in [0.5, 0.6) is 5.75 Å². The van der Waals surface area contributed by atoms with Gasteiger partial charge in [-0.25, -0.2) is 0 Å². The molecule has 9 heteroatoms. The molecule has 0 aromatic heterocycles. The standard InChI is InChI=1S/C22H22ClF3O5/c1-2-30-15-6-3-12(4-7-15)9-14-10-13(5-8-16(14)23)21-20(29)19(28)18(27)17(31-21)11-22(24,25)26/h3-8,10-11,18-21,27-29H,2,9H2,1H3/b17-11-/t18-,19+,20-,21+/m1/s1. The third-order valence-electron chi connectivity index (χ3n) is 4.87. The molecule has 0 amide bonds. The van der Waals surface area contributed by atoms with Crippen molar-refractivity contribution in [3.8, 4) is 5.75 Å². The number of ether oxygens (including phenoxy) is 2. The number of aliphatic hydroxyl groups excluding tert-OH is 3. The van der Waals surface area contributed by atoms with Crippen molar-refractivity contribution < 1.29 is 38.0 Å². The summed E-state index contributed by atoms with van der Waals surface area (Å²) in [6.45, 7) is 2.43. The normalized spacial score (nSPS) is 25.4. The molecule has 168 valence electrons. The van der Waals surface area contributed by atoms with Crippen molar-refractivity contribution in [1.82, 2.24) is 0 Å². The summed E-state index contributed by atoms with van der Waals surface area (Å²) < 4.78 is 49.0. The molecule has 1 saturated heterocycles. The Bertz CT molecular complexity index is 930. The van der Waals surface area contributed by atoms with E-state index in [2.05, 4.69) is 0 Å². The minimum atomic E-state index is -4.76. The van der Waals surface area contributed by atoms with Crippen molar-refractivity contribution in [3.63, 3.8) is 0 Å². The predicted octanol–water partition coefficient (Wildman–Crippen LogP) is 3.93. The highest BCUT2D eigenvalue weighted by Crippen LogP contribution is 2.37. The van der Waals surface area contributed by atoms with Crippen LogP contribution in [-0.4, -0.2) is 46.4 Å². The molecule has 0 aliphatic carbocycles. The maximum atomic E-state index is 12.8. The molecule has 1 aliphatic heterocycles. The Morgan fingerprint density at radius 1 is 1.06 bits per heavy atom. The van der Waals surface area contributed by atoms with Gasteiger partial charge in [0.05, 0.1) is 12.7 Å². The van der Waals surface area contributed by atoms with E-state index in [-0.39, 0.29) is 6.08 Å². The lowest BCUT2D eigenvalue weighted by atomic mass is 9.91. The van der Waals surface area contributed by atoms with Gasteiger partial charge in [0.2, 0.25) is 0 Å². The Labute approximate surface area is 182 Å². The van der Waals surface area contributed by atoms with Gasteiger partial charge in [-0.05, 0) is 48.2 Å². The first-order valence-corrected chi connectivity index (χ1v) is 9.97. The highest BCUT2D eigenvalue weighted by molar-refractivity contribution is 6.31. The molecule has 1 aliphatic rings. The van der Waals surface area contributed by atoms with Gasteiger partial charge in [-0.1, -0.05) is 35.9 Å². The molecule has 0 saturated carbocycles. The summed E-state index contributed by atoms with van der Waals surface area (Å²) in [5.74, 6) is -0.139. The summed E-state index contributed by atoms with van der Waals surface area (Å²) in [6, 6.07) is 12.0. The zero-order chi connectivity index (χ0) is 22.8. The first-order valence-electron chi connectivity index (χ1n) is 9.59. The van der Waals surface area contributed by atoms with Crippen LogP contribution in [0.15, 0.2) is 54.3 Å². The third kappa shape index (κ3) is 5.71. The first-order chi connectivity index (χ1) is 14.6. The van der Waals surface area contributed by atoms with Gasteiger partial charge < -0.3 is 24.8 Å². The van der Waals surface area contributed by atoms with E-state index in [0.29, 0.717) is 29.2 Å². The zero-order valence-electron chi connectivity index (χ0n) is 16.5. The van der Waals surface area contributed by atoms with Crippen LogP contribution in [0.1, 0.15) is 29.7 Å². The highest BCUT2D eigenvalue weighted by atomic mass is 35.5. The second-order valence-electron chi connectivity index (χ2n) is 7.16. The number of halogens is 4. The Balaban J connectivity index is 1.87. The number of benzene rings is 2. The van der Waals surface area contributed by atoms with E-state index in [9.17, 15) is 28.5 Å². The Hall–Kier alpha value is -2.26. The Kier molecular flexibility index (Phi) is 7.16. The minimum absolute atomic E-state index is 0.226. The van der Waals surface area contributed by atoms with Crippen LogP contribution >= 0.6 is 11.6 Å². The van der Waals surface area contributed by atoms with E-state index in [1.807, 2.05) is 31.2 Å². The summed E-state index contributed by atoms with van der Waals surface area (Å²) in [6.07, 6.45) is -11.4. The number of hydrogen-bond acceptors (Lipinski definition) is 5. The van der Waals surface area contributed by atoms with Gasteiger partial charge in [0.1, 0.15) is 29.8 Å². The average molecular weight is 459 g/mol. The highest BCUT2D eigenvalue weighted by Gasteiger charge is 2.44. The van der Waals surface area contributed by atoms with Crippen LogP contribution in [0.4, 0.5) is 13.2 Å². The second kappa shape index (κ2) is 9.48. The molecule has 1 heterocycles.